The number of hydrogen-bond donors (Lipinski definition) is 2. The van der Waals surface area contributed by atoms with Crippen LogP contribution in [-0.4, -0.2) is 21.7 Å². The van der Waals surface area contributed by atoms with Crippen molar-refractivity contribution in [3.63, 3.8) is 0 Å². The summed E-state index contributed by atoms with van der Waals surface area (Å²) in [5.41, 5.74) is 6.65. The number of halogens is 1. The van der Waals surface area contributed by atoms with Crippen molar-refractivity contribution in [1.29, 1.82) is 0 Å². The molecule has 0 saturated heterocycles. The van der Waals surface area contributed by atoms with E-state index in [4.69, 9.17) is 5.73 Å². The average molecular weight is 480 g/mol. The number of amides is 2. The molecule has 0 aliphatic heterocycles. The van der Waals surface area contributed by atoms with Crippen LogP contribution in [0.1, 0.15) is 57.9 Å². The Morgan fingerprint density at radius 3 is 2.56 bits per heavy atom. The first-order valence-corrected chi connectivity index (χ1v) is 9.49. The number of primary amides is 1. The first-order chi connectivity index (χ1) is 12.9. The van der Waals surface area contributed by atoms with E-state index in [0.717, 1.165) is 31.2 Å². The number of benzene rings is 1. The highest BCUT2D eigenvalue weighted by Gasteiger charge is 2.23. The molecule has 1 aliphatic rings. The maximum absolute atomic E-state index is 12.5. The van der Waals surface area contributed by atoms with E-state index in [2.05, 4.69) is 10.3 Å². The second-order valence-corrected chi connectivity index (χ2v) is 7.54. The summed E-state index contributed by atoms with van der Waals surface area (Å²) in [5, 5.41) is 13.5. The van der Waals surface area contributed by atoms with Gasteiger partial charge in [0.2, 0.25) is 5.91 Å². The van der Waals surface area contributed by atoms with Crippen molar-refractivity contribution in [3.05, 3.63) is 60.8 Å². The molecule has 1 fully saturated rings. The number of nitrogens with one attached hydrogen (secondary N) is 1. The summed E-state index contributed by atoms with van der Waals surface area (Å²) < 4.78 is 0.563. The van der Waals surface area contributed by atoms with Crippen LogP contribution in [0, 0.1) is 13.7 Å². The molecule has 27 heavy (non-hydrogen) atoms. The molecule has 1 heterocycles. The van der Waals surface area contributed by atoms with Gasteiger partial charge in [0.05, 0.1) is 10.5 Å². The fourth-order valence-corrected chi connectivity index (χ4v) is 3.87. The third kappa shape index (κ3) is 4.24. The van der Waals surface area contributed by atoms with Crippen molar-refractivity contribution >= 4 is 45.9 Å². The standard InChI is InChI=1S/C18H17IN4O4/c19-15-6-5-11(23(26)27)7-13(15)18(25)22-16-8-12(17(20)24)14(9-21-16)10-3-1-2-4-10/h5-10H,1-4H2,(H2,20,24)(H,21,22,25). The van der Waals surface area contributed by atoms with Crippen molar-refractivity contribution in [2.45, 2.75) is 31.6 Å². The highest BCUT2D eigenvalue weighted by atomic mass is 127. The van der Waals surface area contributed by atoms with Crippen LogP contribution in [-0.2, 0) is 0 Å². The molecular weight excluding hydrogens is 463 g/mol. The molecule has 9 heteroatoms. The molecule has 1 saturated carbocycles. The maximum atomic E-state index is 12.5. The van der Waals surface area contributed by atoms with E-state index in [1.807, 2.05) is 22.6 Å². The number of nitro benzene ring substituents is 1. The highest BCUT2D eigenvalue weighted by Crippen LogP contribution is 2.36. The number of aromatic nitrogens is 1. The molecule has 1 aliphatic carbocycles. The van der Waals surface area contributed by atoms with Crippen molar-refractivity contribution in [1.82, 2.24) is 4.98 Å². The molecule has 2 aromatic rings. The van der Waals surface area contributed by atoms with Crippen LogP contribution < -0.4 is 11.1 Å². The number of carbonyl (C=O) groups excluding carboxylic acids is 2. The lowest BCUT2D eigenvalue weighted by Crippen LogP contribution is -2.19. The molecule has 0 unspecified atom stereocenters. The second-order valence-electron chi connectivity index (χ2n) is 6.38. The molecule has 0 bridgehead atoms. The Bertz CT molecular complexity index is 926. The molecule has 0 spiro atoms. The first kappa shape index (κ1) is 19.2. The number of nitrogens with zero attached hydrogens (tertiary/aromatic N) is 2. The van der Waals surface area contributed by atoms with Gasteiger partial charge in [0.1, 0.15) is 5.82 Å². The topological polar surface area (TPSA) is 128 Å². The largest absolute Gasteiger partial charge is 0.366 e. The van der Waals surface area contributed by atoms with Crippen LogP contribution in [0.25, 0.3) is 0 Å². The molecule has 0 atom stereocenters. The molecule has 8 nitrogen and oxygen atoms in total. The number of anilines is 1. The number of hydrogen-bond acceptors (Lipinski definition) is 5. The van der Waals surface area contributed by atoms with Gasteiger partial charge in [-0.25, -0.2) is 4.98 Å². The number of non-ortho nitro benzene ring substituents is 1. The molecule has 3 N–H and O–H groups in total. The Balaban J connectivity index is 1.88. The van der Waals surface area contributed by atoms with Crippen LogP contribution in [0.4, 0.5) is 11.5 Å². The van der Waals surface area contributed by atoms with Gasteiger partial charge in [0.25, 0.3) is 11.6 Å². The number of rotatable bonds is 5. The highest BCUT2D eigenvalue weighted by molar-refractivity contribution is 14.1. The molecule has 1 aromatic carbocycles. The van der Waals surface area contributed by atoms with Gasteiger partial charge in [0.15, 0.2) is 0 Å². The Morgan fingerprint density at radius 2 is 1.93 bits per heavy atom. The van der Waals surface area contributed by atoms with Crippen LogP contribution in [0.15, 0.2) is 30.5 Å². The predicted octanol–water partition coefficient (Wildman–Crippen LogP) is 3.60. The minimum Gasteiger partial charge on any atom is -0.366 e. The smallest absolute Gasteiger partial charge is 0.270 e. The lowest BCUT2D eigenvalue weighted by Gasteiger charge is -2.14. The van der Waals surface area contributed by atoms with Gasteiger partial charge in [-0.1, -0.05) is 12.8 Å². The Hall–Kier alpha value is -2.56. The average Bonchev–Trinajstić information content (AvgIpc) is 3.16. The molecule has 0 radical (unpaired) electrons. The zero-order valence-electron chi connectivity index (χ0n) is 14.3. The van der Waals surface area contributed by atoms with E-state index < -0.39 is 16.7 Å². The molecular formula is C18H17IN4O4. The summed E-state index contributed by atoms with van der Waals surface area (Å²) in [6.45, 7) is 0. The third-order valence-corrected chi connectivity index (χ3v) is 5.58. The molecule has 1 aromatic heterocycles. The predicted molar refractivity (Wildman–Crippen MR) is 108 cm³/mol. The van der Waals surface area contributed by atoms with Gasteiger partial charge in [-0.05, 0) is 59.0 Å². The van der Waals surface area contributed by atoms with Crippen LogP contribution in [0.5, 0.6) is 0 Å². The van der Waals surface area contributed by atoms with Crippen molar-refractivity contribution in [3.8, 4) is 0 Å². The Labute approximate surface area is 168 Å². The minimum atomic E-state index is -0.570. The fraction of sp³-hybridized carbons (Fsp3) is 0.278. The lowest BCUT2D eigenvalue weighted by molar-refractivity contribution is -0.384. The zero-order valence-corrected chi connectivity index (χ0v) is 16.4. The zero-order chi connectivity index (χ0) is 19.6. The summed E-state index contributed by atoms with van der Waals surface area (Å²) >= 11 is 1.93. The van der Waals surface area contributed by atoms with Gasteiger partial charge in [-0.3, -0.25) is 19.7 Å². The van der Waals surface area contributed by atoms with E-state index in [9.17, 15) is 19.7 Å². The second kappa shape index (κ2) is 7.99. The van der Waals surface area contributed by atoms with Crippen LogP contribution in [0.3, 0.4) is 0 Å². The van der Waals surface area contributed by atoms with Crippen molar-refractivity contribution in [2.24, 2.45) is 5.73 Å². The van der Waals surface area contributed by atoms with Gasteiger partial charge in [-0.15, -0.1) is 0 Å². The minimum absolute atomic E-state index is 0.159. The third-order valence-electron chi connectivity index (χ3n) is 4.64. The van der Waals surface area contributed by atoms with Gasteiger partial charge in [-0.2, -0.15) is 0 Å². The summed E-state index contributed by atoms with van der Waals surface area (Å²) in [4.78, 5) is 39.0. The number of pyridine rings is 1. The molecule has 3 rings (SSSR count). The van der Waals surface area contributed by atoms with E-state index in [0.29, 0.717) is 9.13 Å². The summed E-state index contributed by atoms with van der Waals surface area (Å²) in [7, 11) is 0. The first-order valence-electron chi connectivity index (χ1n) is 8.42. The van der Waals surface area contributed by atoms with Gasteiger partial charge < -0.3 is 11.1 Å². The Morgan fingerprint density at radius 1 is 1.22 bits per heavy atom. The normalized spacial score (nSPS) is 14.1. The maximum Gasteiger partial charge on any atom is 0.270 e. The summed E-state index contributed by atoms with van der Waals surface area (Å²) in [5.74, 6) is -0.681. The summed E-state index contributed by atoms with van der Waals surface area (Å²) in [6, 6.07) is 5.51. The lowest BCUT2D eigenvalue weighted by atomic mass is 9.94. The van der Waals surface area contributed by atoms with Crippen molar-refractivity contribution < 1.29 is 14.5 Å². The van der Waals surface area contributed by atoms with E-state index in [1.165, 1.54) is 24.3 Å². The van der Waals surface area contributed by atoms with Crippen LogP contribution in [0.2, 0.25) is 0 Å². The number of nitro groups is 1. The number of nitrogens with two attached hydrogens (primary N) is 1. The van der Waals surface area contributed by atoms with Gasteiger partial charge in [0, 0.05) is 27.5 Å². The molecule has 2 amide bonds. The SMILES string of the molecule is NC(=O)c1cc(NC(=O)c2cc([N+](=O)[O-])ccc2I)ncc1C1CCCC1. The van der Waals surface area contributed by atoms with Crippen molar-refractivity contribution in [2.75, 3.05) is 5.32 Å². The fourth-order valence-electron chi connectivity index (χ4n) is 3.29. The monoisotopic (exact) mass is 480 g/mol. The van der Waals surface area contributed by atoms with E-state index >= 15 is 0 Å². The number of carbonyl (C=O) groups is 2. The molecule has 140 valence electrons. The van der Waals surface area contributed by atoms with E-state index in [-0.39, 0.29) is 23.0 Å². The summed E-state index contributed by atoms with van der Waals surface area (Å²) in [6.07, 6.45) is 5.77. The van der Waals surface area contributed by atoms with Crippen LogP contribution >= 0.6 is 22.6 Å². The van der Waals surface area contributed by atoms with Gasteiger partial charge >= 0.3 is 0 Å². The van der Waals surface area contributed by atoms with E-state index in [1.54, 1.807) is 6.20 Å². The Kier molecular flexibility index (Phi) is 5.68. The quantitative estimate of drug-likeness (QED) is 0.384.